The molecule has 184 valence electrons. The highest BCUT2D eigenvalue weighted by Gasteiger charge is 2.47. The number of hydroxylamine groups is 1. The summed E-state index contributed by atoms with van der Waals surface area (Å²) in [6.07, 6.45) is 3.46. The van der Waals surface area contributed by atoms with Crippen molar-refractivity contribution in [1.82, 2.24) is 15.7 Å². The van der Waals surface area contributed by atoms with Crippen LogP contribution in [-0.4, -0.2) is 67.9 Å². The number of nitrogens with one attached hydrogen (secondary N) is 2. The zero-order valence-corrected chi connectivity index (χ0v) is 20.4. The molecule has 0 radical (unpaired) electrons. The van der Waals surface area contributed by atoms with Gasteiger partial charge in [0.15, 0.2) is 11.8 Å². The molecule has 0 spiro atoms. The summed E-state index contributed by atoms with van der Waals surface area (Å²) in [7, 11) is 4.32. The molecule has 0 aromatic heterocycles. The third-order valence-electron chi connectivity index (χ3n) is 5.91. The van der Waals surface area contributed by atoms with Crippen molar-refractivity contribution >= 4 is 17.7 Å². The lowest BCUT2D eigenvalue weighted by Gasteiger charge is -2.36. The average molecular weight is 472 g/mol. The Kier molecular flexibility index (Phi) is 9.38. The second kappa shape index (κ2) is 11.8. The molecule has 1 fully saturated rings. The van der Waals surface area contributed by atoms with Gasteiger partial charge in [0.2, 0.25) is 0 Å². The number of amides is 3. The van der Waals surface area contributed by atoms with E-state index in [-0.39, 0.29) is 5.56 Å². The first-order valence-corrected chi connectivity index (χ1v) is 11.0. The van der Waals surface area contributed by atoms with Crippen LogP contribution in [0.15, 0.2) is 36.9 Å². The topological polar surface area (TPSA) is 106 Å². The van der Waals surface area contributed by atoms with Crippen LogP contribution in [0.25, 0.3) is 0 Å². The zero-order chi connectivity index (χ0) is 25.4. The fraction of sp³-hybridized carbons (Fsp3) is 0.480. The molecule has 2 N–H and O–H groups in total. The molecular formula is C25H33N3O6. The predicted molar refractivity (Wildman–Crippen MR) is 126 cm³/mol. The van der Waals surface area contributed by atoms with Crippen LogP contribution in [-0.2, 0) is 23.9 Å². The second-order valence-corrected chi connectivity index (χ2v) is 8.20. The van der Waals surface area contributed by atoms with Crippen LogP contribution < -0.4 is 10.8 Å². The number of carbonyl (C=O) groups is 3. The van der Waals surface area contributed by atoms with Crippen LogP contribution >= 0.6 is 0 Å². The van der Waals surface area contributed by atoms with Gasteiger partial charge in [-0.25, -0.2) is 10.3 Å². The number of hydrogen-bond acceptors (Lipinski definition) is 6. The summed E-state index contributed by atoms with van der Waals surface area (Å²) in [6, 6.07) is 6.51. The van der Waals surface area contributed by atoms with Gasteiger partial charge in [0.05, 0.1) is 0 Å². The summed E-state index contributed by atoms with van der Waals surface area (Å²) < 4.78 is 10.7. The highest BCUT2D eigenvalue weighted by atomic mass is 16.8. The monoisotopic (exact) mass is 471 g/mol. The van der Waals surface area contributed by atoms with Crippen LogP contribution in [0.2, 0.25) is 0 Å². The third kappa shape index (κ3) is 6.23. The largest absolute Gasteiger partial charge is 0.362 e. The molecule has 0 aliphatic carbocycles. The van der Waals surface area contributed by atoms with Crippen molar-refractivity contribution in [2.24, 2.45) is 0 Å². The molecule has 1 heterocycles. The number of hydrogen-bond donors (Lipinski definition) is 2. The Morgan fingerprint density at radius 3 is 2.41 bits per heavy atom. The molecular weight excluding hydrogens is 438 g/mol. The summed E-state index contributed by atoms with van der Waals surface area (Å²) in [4.78, 5) is 45.3. The maximum Gasteiger partial charge on any atom is 0.279 e. The number of carbonyl (C=O) groups excluding carboxylic acids is 3. The molecule has 9 heteroatoms. The standard InChI is InChI=1S/C25H33N3O6/c1-7-24(2,32-6)16-15-18-11-13-19(14-12-18)21(29)28(5)25(3,22(30)26-4)23(31)27-34-20-10-8-9-17-33-20/h7,11-14,20H,1,8-10,17H2,2-6H3,(H,26,30)(H,27,31)/t20?,24?,25-/m0/s1. The van der Waals surface area contributed by atoms with E-state index in [9.17, 15) is 14.4 Å². The van der Waals surface area contributed by atoms with E-state index in [1.54, 1.807) is 44.4 Å². The van der Waals surface area contributed by atoms with Crippen molar-refractivity contribution < 1.29 is 28.7 Å². The van der Waals surface area contributed by atoms with E-state index in [0.29, 0.717) is 18.6 Å². The van der Waals surface area contributed by atoms with E-state index in [1.165, 1.54) is 21.0 Å². The number of nitrogens with zero attached hydrogens (tertiary/aromatic N) is 1. The Balaban J connectivity index is 2.19. The van der Waals surface area contributed by atoms with Gasteiger partial charge < -0.3 is 19.7 Å². The van der Waals surface area contributed by atoms with Crippen molar-refractivity contribution in [3.63, 3.8) is 0 Å². The van der Waals surface area contributed by atoms with Crippen molar-refractivity contribution in [3.05, 3.63) is 48.0 Å². The summed E-state index contributed by atoms with van der Waals surface area (Å²) >= 11 is 0. The van der Waals surface area contributed by atoms with Crippen LogP contribution in [0.1, 0.15) is 49.0 Å². The molecule has 1 aromatic carbocycles. The molecule has 9 nitrogen and oxygen atoms in total. The second-order valence-electron chi connectivity index (χ2n) is 8.20. The van der Waals surface area contributed by atoms with E-state index in [4.69, 9.17) is 14.3 Å². The molecule has 1 aliphatic rings. The smallest absolute Gasteiger partial charge is 0.279 e. The van der Waals surface area contributed by atoms with E-state index >= 15 is 0 Å². The number of benzene rings is 1. The van der Waals surface area contributed by atoms with Crippen LogP contribution in [0, 0.1) is 11.8 Å². The minimum Gasteiger partial charge on any atom is -0.362 e. The lowest BCUT2D eigenvalue weighted by molar-refractivity contribution is -0.204. The molecule has 3 atom stereocenters. The first-order chi connectivity index (χ1) is 16.1. The fourth-order valence-electron chi connectivity index (χ4n) is 3.15. The molecule has 3 amide bonds. The molecule has 0 bridgehead atoms. The lowest BCUT2D eigenvalue weighted by atomic mass is 9.96. The molecule has 2 unspecified atom stereocenters. The first-order valence-electron chi connectivity index (χ1n) is 11.0. The number of likely N-dealkylation sites (N-methyl/N-ethyl adjacent to an activating group) is 2. The Hall–Kier alpha value is -3.19. The molecule has 2 rings (SSSR count). The van der Waals surface area contributed by atoms with E-state index in [2.05, 4.69) is 29.2 Å². The number of ether oxygens (including phenoxy) is 2. The molecule has 34 heavy (non-hydrogen) atoms. The Bertz CT molecular complexity index is 961. The quantitative estimate of drug-likeness (QED) is 0.259. The SMILES string of the molecule is C=CC(C)(C#Cc1ccc(C(=O)N(C)[C@@](C)(C(=O)NC)C(=O)NOC2CCCCO2)cc1)OC. The average Bonchev–Trinajstić information content (AvgIpc) is 2.89. The Morgan fingerprint density at radius 1 is 1.21 bits per heavy atom. The number of rotatable bonds is 8. The van der Waals surface area contributed by atoms with Crippen LogP contribution in [0.4, 0.5) is 0 Å². The van der Waals surface area contributed by atoms with Gasteiger partial charge in [0.25, 0.3) is 17.7 Å². The predicted octanol–water partition coefficient (Wildman–Crippen LogP) is 1.78. The van der Waals surface area contributed by atoms with Crippen molar-refractivity contribution in [1.29, 1.82) is 0 Å². The van der Waals surface area contributed by atoms with Crippen molar-refractivity contribution in [2.45, 2.75) is 50.5 Å². The van der Waals surface area contributed by atoms with Crippen molar-refractivity contribution in [3.8, 4) is 11.8 Å². The third-order valence-corrected chi connectivity index (χ3v) is 5.91. The lowest BCUT2D eigenvalue weighted by Crippen LogP contribution is -2.65. The minimum atomic E-state index is -1.87. The van der Waals surface area contributed by atoms with Gasteiger partial charge in [0, 0.05) is 45.4 Å². The van der Waals surface area contributed by atoms with Crippen molar-refractivity contribution in [2.75, 3.05) is 27.8 Å². The van der Waals surface area contributed by atoms with E-state index < -0.39 is 35.2 Å². The fourth-order valence-corrected chi connectivity index (χ4v) is 3.15. The van der Waals surface area contributed by atoms with E-state index in [0.717, 1.165) is 17.7 Å². The normalized spacial score (nSPS) is 18.8. The molecule has 0 saturated carbocycles. The summed E-state index contributed by atoms with van der Waals surface area (Å²) in [6.45, 7) is 7.38. The Labute approximate surface area is 200 Å². The van der Waals surface area contributed by atoms with Gasteiger partial charge in [-0.05, 0) is 57.0 Å². The maximum atomic E-state index is 13.2. The van der Waals surface area contributed by atoms with Gasteiger partial charge in [0.1, 0.15) is 5.60 Å². The number of methoxy groups -OCH3 is 1. The van der Waals surface area contributed by atoms with Crippen LogP contribution in [0.3, 0.4) is 0 Å². The summed E-state index contributed by atoms with van der Waals surface area (Å²) in [5.41, 5.74) is 0.575. The maximum absolute atomic E-state index is 13.2. The van der Waals surface area contributed by atoms with Gasteiger partial charge in [-0.2, -0.15) is 0 Å². The van der Waals surface area contributed by atoms with Gasteiger partial charge in [-0.3, -0.25) is 14.4 Å². The first kappa shape index (κ1) is 27.1. The van der Waals surface area contributed by atoms with Crippen LogP contribution in [0.5, 0.6) is 0 Å². The minimum absolute atomic E-state index is 0.283. The summed E-state index contributed by atoms with van der Waals surface area (Å²) in [5.74, 6) is 3.97. The zero-order valence-electron chi connectivity index (χ0n) is 20.4. The van der Waals surface area contributed by atoms with Gasteiger partial charge in [-0.15, -0.1) is 0 Å². The molecule has 1 aromatic rings. The Morgan fingerprint density at radius 2 is 1.88 bits per heavy atom. The molecule has 1 aliphatic heterocycles. The highest BCUT2D eigenvalue weighted by molar-refractivity contribution is 6.12. The van der Waals surface area contributed by atoms with Gasteiger partial charge >= 0.3 is 0 Å². The van der Waals surface area contributed by atoms with Gasteiger partial charge in [-0.1, -0.05) is 18.4 Å². The molecule has 1 saturated heterocycles. The van der Waals surface area contributed by atoms with E-state index in [1.807, 2.05) is 0 Å². The summed E-state index contributed by atoms with van der Waals surface area (Å²) in [5, 5.41) is 2.44. The highest BCUT2D eigenvalue weighted by Crippen LogP contribution is 2.20.